The van der Waals surface area contributed by atoms with Gasteiger partial charge in [0.15, 0.2) is 0 Å². The number of aliphatic hydroxyl groups is 1. The molecule has 1 heterocycles. The lowest BCUT2D eigenvalue weighted by atomic mass is 10.0. The topological polar surface area (TPSA) is 41.5 Å². The molecule has 1 aliphatic heterocycles. The molecule has 0 amide bonds. The molecule has 0 bridgehead atoms. The minimum absolute atomic E-state index is 0.345. The van der Waals surface area contributed by atoms with Crippen molar-refractivity contribution < 1.29 is 9.84 Å². The van der Waals surface area contributed by atoms with E-state index in [1.54, 1.807) is 0 Å². The summed E-state index contributed by atoms with van der Waals surface area (Å²) in [5.74, 6) is 4.21. The van der Waals surface area contributed by atoms with Crippen LogP contribution in [0.2, 0.25) is 0 Å². The van der Waals surface area contributed by atoms with E-state index in [1.807, 2.05) is 31.7 Å². The van der Waals surface area contributed by atoms with Gasteiger partial charge in [0.2, 0.25) is 0 Å². The molecule has 1 fully saturated rings. The van der Waals surface area contributed by atoms with Crippen LogP contribution >= 0.6 is 11.8 Å². The second kappa shape index (κ2) is 8.66. The van der Waals surface area contributed by atoms with Crippen LogP contribution in [0.4, 0.5) is 0 Å². The van der Waals surface area contributed by atoms with Gasteiger partial charge in [0.1, 0.15) is 18.5 Å². The molecular weight excluding hydrogens is 282 g/mol. The monoisotopic (exact) mass is 309 g/mol. The molecular formula is C17H27NO2S. The first-order chi connectivity index (χ1) is 10.1. The molecule has 21 heavy (non-hydrogen) atoms. The number of thioether (sulfide) groups is 1. The summed E-state index contributed by atoms with van der Waals surface area (Å²) in [5.41, 5.74) is 2.29. The Bertz CT molecular complexity index is 433. The molecule has 0 aliphatic carbocycles. The van der Waals surface area contributed by atoms with Crippen molar-refractivity contribution in [3.05, 3.63) is 29.3 Å². The molecule has 1 aromatic rings. The summed E-state index contributed by atoms with van der Waals surface area (Å²) in [4.78, 5) is 0. The van der Waals surface area contributed by atoms with Crippen LogP contribution in [0.3, 0.4) is 0 Å². The van der Waals surface area contributed by atoms with Crippen LogP contribution in [0, 0.1) is 19.8 Å². The highest BCUT2D eigenvalue weighted by Crippen LogP contribution is 2.22. The molecule has 1 atom stereocenters. The number of hydrogen-bond donors (Lipinski definition) is 2. The summed E-state index contributed by atoms with van der Waals surface area (Å²) in [6, 6.07) is 6.15. The molecule has 2 N–H and O–H groups in total. The fourth-order valence-corrected chi connectivity index (χ4v) is 3.72. The number of aryl methyl sites for hydroxylation is 2. The van der Waals surface area contributed by atoms with Gasteiger partial charge in [-0.25, -0.2) is 0 Å². The van der Waals surface area contributed by atoms with Gasteiger partial charge in [-0.2, -0.15) is 11.8 Å². The van der Waals surface area contributed by atoms with E-state index in [0.717, 1.165) is 23.8 Å². The zero-order chi connectivity index (χ0) is 15.1. The number of rotatable bonds is 7. The number of aliphatic hydroxyl groups excluding tert-OH is 1. The van der Waals surface area contributed by atoms with Crippen LogP contribution < -0.4 is 10.1 Å². The molecule has 4 heteroatoms. The zero-order valence-corrected chi connectivity index (χ0v) is 13.9. The molecule has 1 aromatic carbocycles. The van der Waals surface area contributed by atoms with E-state index in [-0.39, 0.29) is 0 Å². The first kappa shape index (κ1) is 16.7. The Balaban J connectivity index is 1.65. The summed E-state index contributed by atoms with van der Waals surface area (Å²) in [6.07, 6.45) is 2.14. The van der Waals surface area contributed by atoms with Crippen LogP contribution in [-0.2, 0) is 0 Å². The maximum atomic E-state index is 10.0. The summed E-state index contributed by atoms with van der Waals surface area (Å²) in [5, 5.41) is 13.4. The zero-order valence-electron chi connectivity index (χ0n) is 13.1. The third-order valence-corrected chi connectivity index (χ3v) is 4.98. The van der Waals surface area contributed by atoms with E-state index >= 15 is 0 Å². The lowest BCUT2D eigenvalue weighted by Gasteiger charge is -2.22. The van der Waals surface area contributed by atoms with Crippen molar-refractivity contribution in [3.63, 3.8) is 0 Å². The lowest BCUT2D eigenvalue weighted by molar-refractivity contribution is 0.105. The third kappa shape index (κ3) is 5.89. The molecule has 2 rings (SSSR count). The molecule has 0 saturated carbocycles. The summed E-state index contributed by atoms with van der Waals surface area (Å²) < 4.78 is 5.73. The van der Waals surface area contributed by atoms with Crippen molar-refractivity contribution in [3.8, 4) is 5.75 Å². The molecule has 3 nitrogen and oxygen atoms in total. The Kier molecular flexibility index (Phi) is 6.87. The van der Waals surface area contributed by atoms with Gasteiger partial charge in [-0.1, -0.05) is 12.1 Å². The van der Waals surface area contributed by atoms with E-state index in [9.17, 15) is 5.11 Å². The van der Waals surface area contributed by atoms with Crippen LogP contribution in [0.25, 0.3) is 0 Å². The summed E-state index contributed by atoms with van der Waals surface area (Å²) in [6.45, 7) is 6.04. The Labute approximate surface area is 132 Å². The van der Waals surface area contributed by atoms with Gasteiger partial charge in [-0.05, 0) is 67.9 Å². The van der Waals surface area contributed by atoms with E-state index in [0.29, 0.717) is 13.2 Å². The maximum absolute atomic E-state index is 10.0. The Morgan fingerprint density at radius 2 is 2.10 bits per heavy atom. The van der Waals surface area contributed by atoms with Gasteiger partial charge in [-0.3, -0.25) is 0 Å². The number of hydrogen-bond acceptors (Lipinski definition) is 4. The second-order valence-electron chi connectivity index (χ2n) is 5.95. The molecule has 1 saturated heterocycles. The molecule has 1 unspecified atom stereocenters. The molecule has 118 valence electrons. The van der Waals surface area contributed by atoms with Crippen LogP contribution in [-0.4, -0.2) is 42.4 Å². The van der Waals surface area contributed by atoms with Gasteiger partial charge >= 0.3 is 0 Å². The van der Waals surface area contributed by atoms with Crippen molar-refractivity contribution in [2.24, 2.45) is 5.92 Å². The van der Waals surface area contributed by atoms with Gasteiger partial charge in [0.25, 0.3) is 0 Å². The molecule has 1 aliphatic rings. The third-order valence-electron chi connectivity index (χ3n) is 3.93. The highest BCUT2D eigenvalue weighted by molar-refractivity contribution is 7.99. The first-order valence-electron chi connectivity index (χ1n) is 7.81. The van der Waals surface area contributed by atoms with Gasteiger partial charge < -0.3 is 15.2 Å². The van der Waals surface area contributed by atoms with Crippen molar-refractivity contribution in [1.29, 1.82) is 0 Å². The Hall–Kier alpha value is -0.710. The molecule has 0 aromatic heterocycles. The Morgan fingerprint density at radius 3 is 2.86 bits per heavy atom. The second-order valence-corrected chi connectivity index (χ2v) is 7.17. The normalized spacial score (nSPS) is 17.7. The van der Waals surface area contributed by atoms with Crippen molar-refractivity contribution in [2.45, 2.75) is 32.8 Å². The highest BCUT2D eigenvalue weighted by atomic mass is 32.2. The number of benzene rings is 1. The minimum Gasteiger partial charge on any atom is -0.491 e. The van der Waals surface area contributed by atoms with E-state index in [4.69, 9.17) is 4.74 Å². The molecule has 0 spiro atoms. The first-order valence-corrected chi connectivity index (χ1v) is 8.97. The standard InChI is InChI=1S/C17H27NO2S/c1-13-3-4-14(2)17(9-13)20-12-16(19)11-18-10-15-5-7-21-8-6-15/h3-4,9,15-16,18-19H,5-8,10-12H2,1-2H3. The summed E-state index contributed by atoms with van der Waals surface area (Å²) in [7, 11) is 0. The maximum Gasteiger partial charge on any atom is 0.122 e. The average molecular weight is 309 g/mol. The number of ether oxygens (including phenoxy) is 1. The fourth-order valence-electron chi connectivity index (χ4n) is 2.51. The van der Waals surface area contributed by atoms with Crippen LogP contribution in [0.5, 0.6) is 5.75 Å². The van der Waals surface area contributed by atoms with Crippen molar-refractivity contribution in [2.75, 3.05) is 31.2 Å². The van der Waals surface area contributed by atoms with Crippen molar-refractivity contribution in [1.82, 2.24) is 5.32 Å². The summed E-state index contributed by atoms with van der Waals surface area (Å²) >= 11 is 2.05. The quantitative estimate of drug-likeness (QED) is 0.813. The average Bonchev–Trinajstić information content (AvgIpc) is 2.49. The van der Waals surface area contributed by atoms with Gasteiger partial charge in [0, 0.05) is 6.54 Å². The smallest absolute Gasteiger partial charge is 0.122 e. The van der Waals surface area contributed by atoms with E-state index in [1.165, 1.54) is 29.9 Å². The van der Waals surface area contributed by atoms with Crippen LogP contribution in [0.1, 0.15) is 24.0 Å². The largest absolute Gasteiger partial charge is 0.491 e. The van der Waals surface area contributed by atoms with Gasteiger partial charge in [-0.15, -0.1) is 0 Å². The van der Waals surface area contributed by atoms with E-state index < -0.39 is 6.10 Å². The predicted molar refractivity (Wildman–Crippen MR) is 90.3 cm³/mol. The molecule has 0 radical (unpaired) electrons. The van der Waals surface area contributed by atoms with Crippen molar-refractivity contribution >= 4 is 11.8 Å². The SMILES string of the molecule is Cc1ccc(C)c(OCC(O)CNCC2CCSCC2)c1. The minimum atomic E-state index is -0.456. The fraction of sp³-hybridized carbons (Fsp3) is 0.647. The number of nitrogens with one attached hydrogen (secondary N) is 1. The lowest BCUT2D eigenvalue weighted by Crippen LogP contribution is -2.35. The Morgan fingerprint density at radius 1 is 1.33 bits per heavy atom. The van der Waals surface area contributed by atoms with E-state index in [2.05, 4.69) is 17.4 Å². The predicted octanol–water partition coefficient (Wildman–Crippen LogP) is 2.78. The van der Waals surface area contributed by atoms with Gasteiger partial charge in [0.05, 0.1) is 0 Å². The highest BCUT2D eigenvalue weighted by Gasteiger charge is 2.14. The van der Waals surface area contributed by atoms with Crippen LogP contribution in [0.15, 0.2) is 18.2 Å².